The summed E-state index contributed by atoms with van der Waals surface area (Å²) in [5.74, 6) is -0.293. The average Bonchev–Trinajstić information content (AvgIpc) is 2.77. The summed E-state index contributed by atoms with van der Waals surface area (Å²) < 4.78 is 5.82. The fourth-order valence-electron chi connectivity index (χ4n) is 3.19. The first kappa shape index (κ1) is 12.9. The summed E-state index contributed by atoms with van der Waals surface area (Å²) in [5, 5.41) is 0.865. The third kappa shape index (κ3) is 2.12. The van der Waals surface area contributed by atoms with E-state index in [1.165, 1.54) is 6.33 Å². The molecule has 0 saturated carbocycles. The number of amides is 1. The first-order valence-electron chi connectivity index (χ1n) is 6.46. The Morgan fingerprint density at radius 1 is 1.42 bits per heavy atom. The van der Waals surface area contributed by atoms with E-state index in [0.717, 1.165) is 23.6 Å². The molecule has 3 rings (SSSR count). The van der Waals surface area contributed by atoms with Gasteiger partial charge in [-0.25, -0.2) is 9.97 Å². The second-order valence-electron chi connectivity index (χ2n) is 5.26. The van der Waals surface area contributed by atoms with Crippen molar-refractivity contribution in [1.82, 2.24) is 9.97 Å². The van der Waals surface area contributed by atoms with Gasteiger partial charge in [0.05, 0.1) is 28.3 Å². The van der Waals surface area contributed by atoms with E-state index in [1.807, 2.05) is 12.3 Å². The maximum Gasteiger partial charge on any atom is 0.229 e. The van der Waals surface area contributed by atoms with E-state index in [9.17, 15) is 4.79 Å². The Hall–Kier alpha value is -1.14. The Morgan fingerprint density at radius 3 is 2.68 bits per heavy atom. The highest BCUT2D eigenvalue weighted by Gasteiger charge is 2.50. The highest BCUT2D eigenvalue weighted by atomic mass is 32.2. The predicted octanol–water partition coefficient (Wildman–Crippen LogP) is 1.26. The maximum atomic E-state index is 12.1. The number of fused-ring (bicyclic) bond motifs is 2. The van der Waals surface area contributed by atoms with Gasteiger partial charge < -0.3 is 10.5 Å². The van der Waals surface area contributed by atoms with Gasteiger partial charge in [0.1, 0.15) is 6.33 Å². The smallest absolute Gasteiger partial charge is 0.229 e. The summed E-state index contributed by atoms with van der Waals surface area (Å²) >= 11 is 1.54. The van der Waals surface area contributed by atoms with Crippen LogP contribution in [0.15, 0.2) is 17.4 Å². The first-order valence-corrected chi connectivity index (χ1v) is 7.68. The van der Waals surface area contributed by atoms with Crippen molar-refractivity contribution in [3.63, 3.8) is 0 Å². The van der Waals surface area contributed by atoms with Gasteiger partial charge in [-0.1, -0.05) is 0 Å². The molecule has 2 bridgehead atoms. The van der Waals surface area contributed by atoms with Gasteiger partial charge in [-0.15, -0.1) is 11.8 Å². The van der Waals surface area contributed by atoms with Crippen LogP contribution >= 0.6 is 11.8 Å². The molecule has 5 nitrogen and oxygen atoms in total. The van der Waals surface area contributed by atoms with Crippen LogP contribution < -0.4 is 5.73 Å². The fourth-order valence-corrected chi connectivity index (χ4v) is 3.57. The molecule has 2 N–H and O–H groups in total. The van der Waals surface area contributed by atoms with Crippen molar-refractivity contribution in [2.75, 3.05) is 6.26 Å². The lowest BCUT2D eigenvalue weighted by Crippen LogP contribution is -2.49. The number of rotatable bonds is 3. The van der Waals surface area contributed by atoms with Crippen molar-refractivity contribution in [2.45, 2.75) is 48.3 Å². The molecule has 3 heterocycles. The van der Waals surface area contributed by atoms with Gasteiger partial charge in [0.2, 0.25) is 5.91 Å². The van der Waals surface area contributed by atoms with Crippen molar-refractivity contribution in [3.8, 4) is 0 Å². The van der Waals surface area contributed by atoms with Crippen LogP contribution in [-0.2, 0) is 14.9 Å². The average molecular weight is 279 g/mol. The molecule has 0 spiro atoms. The number of nitrogens with zero attached hydrogens (tertiary/aromatic N) is 2. The van der Waals surface area contributed by atoms with Crippen molar-refractivity contribution in [3.05, 3.63) is 18.1 Å². The van der Waals surface area contributed by atoms with Gasteiger partial charge >= 0.3 is 0 Å². The predicted molar refractivity (Wildman–Crippen MR) is 71.8 cm³/mol. The fraction of sp³-hybridized carbons (Fsp3) is 0.615. The number of primary amides is 1. The van der Waals surface area contributed by atoms with Gasteiger partial charge in [-0.2, -0.15) is 0 Å². The monoisotopic (exact) mass is 279 g/mol. The molecular weight excluding hydrogens is 262 g/mol. The van der Waals surface area contributed by atoms with E-state index in [2.05, 4.69) is 9.97 Å². The molecule has 2 atom stereocenters. The number of ether oxygens (including phenoxy) is 1. The molecule has 19 heavy (non-hydrogen) atoms. The number of hydrogen-bond donors (Lipinski definition) is 1. The quantitative estimate of drug-likeness (QED) is 0.666. The lowest BCUT2D eigenvalue weighted by atomic mass is 9.74. The second-order valence-corrected chi connectivity index (χ2v) is 6.08. The molecule has 2 fully saturated rings. The van der Waals surface area contributed by atoms with Crippen LogP contribution in [0.3, 0.4) is 0 Å². The van der Waals surface area contributed by atoms with Crippen molar-refractivity contribution < 1.29 is 9.53 Å². The molecule has 0 aliphatic carbocycles. The first-order chi connectivity index (χ1) is 9.14. The van der Waals surface area contributed by atoms with E-state index in [-0.39, 0.29) is 18.1 Å². The van der Waals surface area contributed by atoms with Crippen molar-refractivity contribution >= 4 is 17.7 Å². The van der Waals surface area contributed by atoms with Crippen LogP contribution in [0.2, 0.25) is 0 Å². The second kappa shape index (κ2) is 4.76. The Kier molecular flexibility index (Phi) is 3.22. The van der Waals surface area contributed by atoms with E-state index in [1.54, 1.807) is 11.8 Å². The molecule has 1 aromatic heterocycles. The third-order valence-corrected chi connectivity index (χ3v) is 4.80. The van der Waals surface area contributed by atoms with Crippen LogP contribution in [0, 0.1) is 0 Å². The van der Waals surface area contributed by atoms with Gasteiger partial charge in [-0.05, 0) is 38.0 Å². The minimum Gasteiger partial charge on any atom is -0.375 e. The van der Waals surface area contributed by atoms with Crippen LogP contribution in [0.25, 0.3) is 0 Å². The maximum absolute atomic E-state index is 12.1. The number of aromatic nitrogens is 2. The van der Waals surface area contributed by atoms with E-state index >= 15 is 0 Å². The molecule has 1 aromatic rings. The molecule has 2 aliphatic rings. The van der Waals surface area contributed by atoms with E-state index < -0.39 is 5.41 Å². The number of nitrogens with two attached hydrogens (primary N) is 1. The molecule has 0 aromatic carbocycles. The zero-order chi connectivity index (χ0) is 13.5. The van der Waals surface area contributed by atoms with E-state index in [0.29, 0.717) is 12.8 Å². The van der Waals surface area contributed by atoms with Gasteiger partial charge in [-0.3, -0.25) is 4.79 Å². The molecule has 2 aliphatic heterocycles. The van der Waals surface area contributed by atoms with Crippen LogP contribution in [0.4, 0.5) is 0 Å². The summed E-state index contributed by atoms with van der Waals surface area (Å²) in [5.41, 5.74) is 5.78. The topological polar surface area (TPSA) is 78.1 Å². The highest BCUT2D eigenvalue weighted by Crippen LogP contribution is 2.45. The molecule has 2 saturated heterocycles. The molecule has 1 amide bonds. The standard InChI is InChI=1S/C13H17N3O2S/c1-19-11-4-10(15-7-16-11)13(12(14)17)5-8-2-3-9(6-13)18-8/h4,7-9H,2-3,5-6H2,1H3,(H2,14,17). The van der Waals surface area contributed by atoms with Crippen LogP contribution in [0.5, 0.6) is 0 Å². The van der Waals surface area contributed by atoms with E-state index in [4.69, 9.17) is 10.5 Å². The third-order valence-electron chi connectivity index (χ3n) is 4.16. The molecule has 2 unspecified atom stereocenters. The van der Waals surface area contributed by atoms with Crippen molar-refractivity contribution in [2.24, 2.45) is 5.73 Å². The molecule has 6 heteroatoms. The Morgan fingerprint density at radius 2 is 2.11 bits per heavy atom. The molecular formula is C13H17N3O2S. The summed E-state index contributed by atoms with van der Waals surface area (Å²) in [6.45, 7) is 0. The summed E-state index contributed by atoms with van der Waals surface area (Å²) in [7, 11) is 0. The number of carbonyl (C=O) groups excluding carboxylic acids is 1. The molecule has 102 valence electrons. The Balaban J connectivity index is 2.02. The zero-order valence-electron chi connectivity index (χ0n) is 10.8. The normalized spacial score (nSPS) is 33.3. The zero-order valence-corrected chi connectivity index (χ0v) is 11.7. The Bertz CT molecular complexity index is 496. The summed E-state index contributed by atoms with van der Waals surface area (Å²) in [4.78, 5) is 20.6. The summed E-state index contributed by atoms with van der Waals surface area (Å²) in [6.07, 6.45) is 7.06. The van der Waals surface area contributed by atoms with Gasteiger partial charge in [0, 0.05) is 0 Å². The lowest BCUT2D eigenvalue weighted by molar-refractivity contribution is -0.131. The van der Waals surface area contributed by atoms with Gasteiger partial charge in [0.25, 0.3) is 0 Å². The number of thioether (sulfide) groups is 1. The van der Waals surface area contributed by atoms with Crippen molar-refractivity contribution in [1.29, 1.82) is 0 Å². The highest BCUT2D eigenvalue weighted by molar-refractivity contribution is 7.98. The number of hydrogen-bond acceptors (Lipinski definition) is 5. The van der Waals surface area contributed by atoms with Crippen LogP contribution in [0.1, 0.15) is 31.4 Å². The largest absolute Gasteiger partial charge is 0.375 e. The minimum absolute atomic E-state index is 0.138. The van der Waals surface area contributed by atoms with Gasteiger partial charge in [0.15, 0.2) is 0 Å². The van der Waals surface area contributed by atoms with Crippen LogP contribution in [-0.4, -0.2) is 34.3 Å². The number of carbonyl (C=O) groups is 1. The SMILES string of the molecule is CSc1cc(C2(C(N)=O)CC3CCC(C2)O3)ncn1. The molecule has 0 radical (unpaired) electrons. The minimum atomic E-state index is -0.683. The Labute approximate surface area is 116 Å². The summed E-state index contributed by atoms with van der Waals surface area (Å²) in [6, 6.07) is 1.89. The lowest BCUT2D eigenvalue weighted by Gasteiger charge is -2.37.